The van der Waals surface area contributed by atoms with Crippen LogP contribution in [0.3, 0.4) is 0 Å². The normalized spacial score (nSPS) is 10.5. The second-order valence-electron chi connectivity index (χ2n) is 7.91. The number of rotatable bonds is 11. The van der Waals surface area contributed by atoms with Gasteiger partial charge in [0, 0.05) is 5.56 Å². The van der Waals surface area contributed by atoms with Crippen molar-refractivity contribution in [2.24, 2.45) is 0 Å². The Morgan fingerprint density at radius 3 is 2.40 bits per heavy atom. The Balaban J connectivity index is 1.44. The SMILES string of the molecule is CCCCOc1ccc(C(=O)NCC(=O)OCC(=O)Nc2c(C)nn(-c3ccccc3)c2C)cc1. The lowest BCUT2D eigenvalue weighted by Gasteiger charge is -2.09. The fourth-order valence-electron chi connectivity index (χ4n) is 3.31. The molecule has 0 fully saturated rings. The molecule has 0 atom stereocenters. The Labute approximate surface area is 204 Å². The van der Waals surface area contributed by atoms with E-state index in [1.165, 1.54) is 0 Å². The largest absolute Gasteiger partial charge is 0.494 e. The van der Waals surface area contributed by atoms with E-state index in [0.717, 1.165) is 24.2 Å². The number of para-hydroxylation sites is 1. The van der Waals surface area contributed by atoms with E-state index in [4.69, 9.17) is 9.47 Å². The first-order valence-electron chi connectivity index (χ1n) is 11.5. The number of hydrogen-bond donors (Lipinski definition) is 2. The van der Waals surface area contributed by atoms with E-state index in [9.17, 15) is 14.4 Å². The molecule has 184 valence electrons. The Morgan fingerprint density at radius 2 is 1.71 bits per heavy atom. The maximum atomic E-state index is 12.3. The van der Waals surface area contributed by atoms with Gasteiger partial charge in [-0.3, -0.25) is 14.4 Å². The summed E-state index contributed by atoms with van der Waals surface area (Å²) in [7, 11) is 0. The molecule has 3 aromatic rings. The topological polar surface area (TPSA) is 112 Å². The van der Waals surface area contributed by atoms with E-state index in [2.05, 4.69) is 22.7 Å². The number of esters is 1. The van der Waals surface area contributed by atoms with Crippen LogP contribution in [0, 0.1) is 13.8 Å². The number of benzene rings is 2. The van der Waals surface area contributed by atoms with Crippen LogP contribution in [-0.2, 0) is 14.3 Å². The number of aryl methyl sites for hydroxylation is 1. The Kier molecular flexibility index (Phi) is 9.00. The highest BCUT2D eigenvalue weighted by Crippen LogP contribution is 2.22. The number of anilines is 1. The molecule has 0 aliphatic carbocycles. The number of nitrogens with one attached hydrogen (secondary N) is 2. The Bertz CT molecular complexity index is 1160. The maximum absolute atomic E-state index is 12.3. The second-order valence-corrected chi connectivity index (χ2v) is 7.91. The highest BCUT2D eigenvalue weighted by Gasteiger charge is 2.16. The first-order valence-corrected chi connectivity index (χ1v) is 11.5. The minimum Gasteiger partial charge on any atom is -0.494 e. The summed E-state index contributed by atoms with van der Waals surface area (Å²) in [6.07, 6.45) is 2.00. The third-order valence-corrected chi connectivity index (χ3v) is 5.20. The third kappa shape index (κ3) is 7.17. The zero-order chi connectivity index (χ0) is 25.2. The third-order valence-electron chi connectivity index (χ3n) is 5.20. The number of carbonyl (C=O) groups excluding carboxylic acids is 3. The summed E-state index contributed by atoms with van der Waals surface area (Å²) in [6, 6.07) is 16.2. The van der Waals surface area contributed by atoms with E-state index >= 15 is 0 Å². The molecule has 2 aromatic carbocycles. The predicted molar refractivity (Wildman–Crippen MR) is 132 cm³/mol. The molecule has 0 unspecified atom stereocenters. The van der Waals surface area contributed by atoms with Crippen LogP contribution in [0.2, 0.25) is 0 Å². The molecule has 0 spiro atoms. The lowest BCUT2D eigenvalue weighted by Crippen LogP contribution is -2.32. The van der Waals surface area contributed by atoms with E-state index in [1.54, 1.807) is 35.9 Å². The van der Waals surface area contributed by atoms with Crippen molar-refractivity contribution >= 4 is 23.5 Å². The molecular weight excluding hydrogens is 448 g/mol. The van der Waals surface area contributed by atoms with Crippen molar-refractivity contribution < 1.29 is 23.9 Å². The van der Waals surface area contributed by atoms with Crippen molar-refractivity contribution in [3.63, 3.8) is 0 Å². The molecule has 9 heteroatoms. The van der Waals surface area contributed by atoms with Gasteiger partial charge in [-0.25, -0.2) is 4.68 Å². The number of nitrogens with zero attached hydrogens (tertiary/aromatic N) is 2. The molecule has 2 amide bonds. The lowest BCUT2D eigenvalue weighted by atomic mass is 10.2. The lowest BCUT2D eigenvalue weighted by molar-refractivity contribution is -0.146. The average Bonchev–Trinajstić information content (AvgIpc) is 3.15. The molecule has 0 aliphatic heterocycles. The summed E-state index contributed by atoms with van der Waals surface area (Å²) in [4.78, 5) is 36.6. The maximum Gasteiger partial charge on any atom is 0.325 e. The van der Waals surface area contributed by atoms with Gasteiger partial charge in [-0.2, -0.15) is 5.10 Å². The molecule has 1 heterocycles. The minimum absolute atomic E-state index is 0.356. The first-order chi connectivity index (χ1) is 16.9. The number of amides is 2. The molecule has 0 radical (unpaired) electrons. The molecule has 0 bridgehead atoms. The first kappa shape index (κ1) is 25.5. The summed E-state index contributed by atoms with van der Waals surface area (Å²) in [5, 5.41) is 9.69. The van der Waals surface area contributed by atoms with Crippen molar-refractivity contribution in [3.05, 3.63) is 71.5 Å². The van der Waals surface area contributed by atoms with E-state index < -0.39 is 24.4 Å². The number of hydrogen-bond acceptors (Lipinski definition) is 6. The number of unbranched alkanes of at least 4 members (excludes halogenated alkanes) is 1. The fourth-order valence-corrected chi connectivity index (χ4v) is 3.31. The zero-order valence-corrected chi connectivity index (χ0v) is 20.2. The molecule has 35 heavy (non-hydrogen) atoms. The Morgan fingerprint density at radius 1 is 1.00 bits per heavy atom. The highest BCUT2D eigenvalue weighted by atomic mass is 16.5. The highest BCUT2D eigenvalue weighted by molar-refractivity contribution is 5.97. The van der Waals surface area contributed by atoms with Crippen LogP contribution in [0.25, 0.3) is 5.69 Å². The zero-order valence-electron chi connectivity index (χ0n) is 20.2. The van der Waals surface area contributed by atoms with Crippen LogP contribution in [0.15, 0.2) is 54.6 Å². The average molecular weight is 479 g/mol. The van der Waals surface area contributed by atoms with Crippen LogP contribution < -0.4 is 15.4 Å². The summed E-state index contributed by atoms with van der Waals surface area (Å²) >= 11 is 0. The number of carbonyl (C=O) groups is 3. The summed E-state index contributed by atoms with van der Waals surface area (Å²) in [6.45, 7) is 5.49. The van der Waals surface area contributed by atoms with Crippen LogP contribution in [0.4, 0.5) is 5.69 Å². The van der Waals surface area contributed by atoms with Crippen molar-refractivity contribution in [2.75, 3.05) is 25.1 Å². The Hall–Kier alpha value is -4.14. The van der Waals surface area contributed by atoms with Crippen molar-refractivity contribution in [3.8, 4) is 11.4 Å². The molecule has 1 aromatic heterocycles. The standard InChI is InChI=1S/C26H30N4O5/c1-4-5-15-34-22-13-11-20(12-14-22)26(33)27-16-24(32)35-17-23(31)28-25-18(2)29-30(19(25)3)21-9-7-6-8-10-21/h6-14H,4-5,15-17H2,1-3H3,(H,27,33)(H,28,31). The van der Waals surface area contributed by atoms with Crippen molar-refractivity contribution in [1.82, 2.24) is 15.1 Å². The van der Waals surface area contributed by atoms with Gasteiger partial charge in [0.05, 0.1) is 29.4 Å². The van der Waals surface area contributed by atoms with Crippen LogP contribution >= 0.6 is 0 Å². The van der Waals surface area contributed by atoms with Gasteiger partial charge in [-0.1, -0.05) is 31.5 Å². The van der Waals surface area contributed by atoms with Crippen molar-refractivity contribution in [2.45, 2.75) is 33.6 Å². The van der Waals surface area contributed by atoms with Gasteiger partial charge < -0.3 is 20.1 Å². The second kappa shape index (κ2) is 12.4. The van der Waals surface area contributed by atoms with E-state index in [1.807, 2.05) is 37.3 Å². The molecule has 2 N–H and O–H groups in total. The molecular formula is C26H30N4O5. The van der Waals surface area contributed by atoms with Gasteiger partial charge in [0.25, 0.3) is 11.8 Å². The molecule has 0 aliphatic rings. The van der Waals surface area contributed by atoms with Gasteiger partial charge in [-0.15, -0.1) is 0 Å². The van der Waals surface area contributed by atoms with Crippen LogP contribution in [-0.4, -0.2) is 47.3 Å². The summed E-state index contributed by atoms with van der Waals surface area (Å²) in [5.74, 6) is -0.963. The molecule has 0 saturated carbocycles. The number of aromatic nitrogens is 2. The van der Waals surface area contributed by atoms with Crippen molar-refractivity contribution in [1.29, 1.82) is 0 Å². The molecule has 0 saturated heterocycles. The predicted octanol–water partition coefficient (Wildman–Crippen LogP) is 3.58. The molecule has 3 rings (SSSR count). The van der Waals surface area contributed by atoms with Crippen LogP contribution in [0.1, 0.15) is 41.5 Å². The van der Waals surface area contributed by atoms with Crippen LogP contribution in [0.5, 0.6) is 5.75 Å². The fraction of sp³-hybridized carbons (Fsp3) is 0.308. The van der Waals surface area contributed by atoms with Gasteiger partial charge >= 0.3 is 5.97 Å². The quantitative estimate of drug-likeness (QED) is 0.322. The van der Waals surface area contributed by atoms with Gasteiger partial charge in [0.15, 0.2) is 6.61 Å². The van der Waals surface area contributed by atoms with E-state index in [0.29, 0.717) is 29.3 Å². The van der Waals surface area contributed by atoms with Gasteiger partial charge in [-0.05, 0) is 56.7 Å². The van der Waals surface area contributed by atoms with Gasteiger partial charge in [0.1, 0.15) is 12.3 Å². The monoisotopic (exact) mass is 478 g/mol. The summed E-state index contributed by atoms with van der Waals surface area (Å²) in [5.41, 5.74) is 3.21. The summed E-state index contributed by atoms with van der Waals surface area (Å²) < 4.78 is 12.3. The minimum atomic E-state index is -0.721. The molecule has 9 nitrogen and oxygen atoms in total. The van der Waals surface area contributed by atoms with Gasteiger partial charge in [0.2, 0.25) is 0 Å². The number of ether oxygens (including phenoxy) is 2. The van der Waals surface area contributed by atoms with E-state index in [-0.39, 0.29) is 6.54 Å². The smallest absolute Gasteiger partial charge is 0.325 e.